The molecule has 0 amide bonds. The molecule has 3 N–H and O–H groups in total. The first kappa shape index (κ1) is 13.4. The third kappa shape index (κ3) is 2.40. The van der Waals surface area contributed by atoms with Crippen molar-refractivity contribution in [1.29, 1.82) is 0 Å². The number of nitrogens with one attached hydrogen (secondary N) is 1. The fourth-order valence-corrected chi connectivity index (χ4v) is 2.85. The van der Waals surface area contributed by atoms with Crippen LogP contribution in [0.1, 0.15) is 10.4 Å². The number of H-pyrrole nitrogens is 1. The Morgan fingerprint density at radius 2 is 2.19 bits per heavy atom. The van der Waals surface area contributed by atoms with E-state index in [1.807, 2.05) is 0 Å². The minimum atomic E-state index is -0.445. The normalized spacial score (nSPS) is 10.7. The van der Waals surface area contributed by atoms with Crippen molar-refractivity contribution in [3.05, 3.63) is 36.4 Å². The Bertz CT molecular complexity index is 817. The van der Waals surface area contributed by atoms with Crippen molar-refractivity contribution in [3.8, 4) is 0 Å². The second kappa shape index (κ2) is 5.41. The highest BCUT2D eigenvalue weighted by atomic mass is 32.2. The van der Waals surface area contributed by atoms with Crippen LogP contribution in [0.4, 0.5) is 5.69 Å². The van der Waals surface area contributed by atoms with E-state index < -0.39 is 5.97 Å². The number of hydrogen-bond acceptors (Lipinski definition) is 7. The number of nitrogens with two attached hydrogens (primary N) is 1. The van der Waals surface area contributed by atoms with Gasteiger partial charge in [-0.1, -0.05) is 17.8 Å². The van der Waals surface area contributed by atoms with Crippen LogP contribution < -0.4 is 5.73 Å². The summed E-state index contributed by atoms with van der Waals surface area (Å²) in [6.45, 7) is 0. The number of esters is 1. The van der Waals surface area contributed by atoms with Crippen molar-refractivity contribution in [2.75, 3.05) is 12.8 Å². The number of carbonyl (C=O) groups is 1. The van der Waals surface area contributed by atoms with E-state index in [0.29, 0.717) is 32.3 Å². The molecule has 106 valence electrons. The lowest BCUT2D eigenvalue weighted by atomic mass is 10.2. The molecule has 8 heteroatoms. The van der Waals surface area contributed by atoms with Crippen LogP contribution >= 0.6 is 11.8 Å². The highest BCUT2D eigenvalue weighted by molar-refractivity contribution is 7.99. The summed E-state index contributed by atoms with van der Waals surface area (Å²) in [6, 6.07) is 5.09. The number of anilines is 1. The second-order valence-corrected chi connectivity index (χ2v) is 5.10. The van der Waals surface area contributed by atoms with Gasteiger partial charge in [0.15, 0.2) is 5.65 Å². The van der Waals surface area contributed by atoms with Crippen LogP contribution in [0.25, 0.3) is 11.2 Å². The van der Waals surface area contributed by atoms with Gasteiger partial charge in [-0.3, -0.25) is 0 Å². The molecule has 21 heavy (non-hydrogen) atoms. The maximum Gasteiger partial charge on any atom is 0.339 e. The van der Waals surface area contributed by atoms with E-state index in [4.69, 9.17) is 10.5 Å². The molecule has 0 aliphatic rings. The summed E-state index contributed by atoms with van der Waals surface area (Å²) in [4.78, 5) is 27.8. The maximum atomic E-state index is 11.8. The summed E-state index contributed by atoms with van der Waals surface area (Å²) in [5, 5.41) is 0.639. The van der Waals surface area contributed by atoms with Gasteiger partial charge in [0.2, 0.25) is 0 Å². The Kier molecular flexibility index (Phi) is 3.44. The van der Waals surface area contributed by atoms with E-state index in [1.54, 1.807) is 24.5 Å². The number of aromatic nitrogens is 4. The van der Waals surface area contributed by atoms with E-state index in [1.165, 1.54) is 25.2 Å². The number of carbonyl (C=O) groups excluding carboxylic acids is 1. The van der Waals surface area contributed by atoms with Gasteiger partial charge in [-0.15, -0.1) is 0 Å². The predicted molar refractivity (Wildman–Crippen MR) is 78.0 cm³/mol. The minimum absolute atomic E-state index is 0.397. The van der Waals surface area contributed by atoms with E-state index in [9.17, 15) is 4.79 Å². The molecule has 0 bridgehead atoms. The first-order chi connectivity index (χ1) is 10.2. The van der Waals surface area contributed by atoms with Gasteiger partial charge in [0.05, 0.1) is 23.9 Å². The molecule has 2 heterocycles. The van der Waals surface area contributed by atoms with Crippen LogP contribution in [0.5, 0.6) is 0 Å². The number of benzene rings is 1. The van der Waals surface area contributed by atoms with E-state index in [-0.39, 0.29) is 0 Å². The van der Waals surface area contributed by atoms with Crippen LogP contribution in [0.2, 0.25) is 0 Å². The number of ether oxygens (including phenoxy) is 1. The monoisotopic (exact) mass is 301 g/mol. The molecule has 3 rings (SSSR count). The minimum Gasteiger partial charge on any atom is -0.465 e. The summed E-state index contributed by atoms with van der Waals surface area (Å²) in [7, 11) is 1.33. The van der Waals surface area contributed by atoms with Crippen LogP contribution in [-0.2, 0) is 4.74 Å². The van der Waals surface area contributed by atoms with Crippen molar-refractivity contribution in [2.24, 2.45) is 0 Å². The Morgan fingerprint density at radius 3 is 3.00 bits per heavy atom. The topological polar surface area (TPSA) is 107 Å². The molecule has 0 fully saturated rings. The average molecular weight is 301 g/mol. The Balaban J connectivity index is 2.09. The number of nitrogens with zero attached hydrogens (tertiary/aromatic N) is 3. The SMILES string of the molecule is COC(=O)c1cccc(N)c1Sc1ncnc2nc[nH]c12. The van der Waals surface area contributed by atoms with Crippen molar-refractivity contribution < 1.29 is 9.53 Å². The lowest BCUT2D eigenvalue weighted by Gasteiger charge is -2.10. The molecule has 7 nitrogen and oxygen atoms in total. The number of aromatic amines is 1. The first-order valence-corrected chi connectivity index (χ1v) is 6.81. The zero-order valence-electron chi connectivity index (χ0n) is 11.0. The van der Waals surface area contributed by atoms with Gasteiger partial charge in [-0.05, 0) is 12.1 Å². The molecule has 0 spiro atoms. The molecule has 0 atom stereocenters. The number of imidazole rings is 1. The largest absolute Gasteiger partial charge is 0.465 e. The standard InChI is InChI=1S/C13H11N5O2S/c1-20-13(19)7-3-2-4-8(14)10(7)21-12-9-11(16-5-15-9)17-6-18-12/h2-6H,14H2,1H3,(H,15,16,17,18). The lowest BCUT2D eigenvalue weighted by molar-refractivity contribution is 0.0597. The average Bonchev–Trinajstić information content (AvgIpc) is 2.98. The number of methoxy groups -OCH3 is 1. The van der Waals surface area contributed by atoms with Crippen molar-refractivity contribution in [1.82, 2.24) is 19.9 Å². The molecule has 2 aromatic heterocycles. The zero-order valence-corrected chi connectivity index (χ0v) is 11.8. The summed E-state index contributed by atoms with van der Waals surface area (Å²) in [5.41, 5.74) is 8.11. The zero-order chi connectivity index (χ0) is 14.8. The summed E-state index contributed by atoms with van der Waals surface area (Å²) >= 11 is 1.27. The highest BCUT2D eigenvalue weighted by Crippen LogP contribution is 2.36. The Hall–Kier alpha value is -2.61. The van der Waals surface area contributed by atoms with Gasteiger partial charge in [0.25, 0.3) is 0 Å². The maximum absolute atomic E-state index is 11.8. The summed E-state index contributed by atoms with van der Waals surface area (Å²) < 4.78 is 4.78. The van der Waals surface area contributed by atoms with Crippen LogP contribution in [0.15, 0.2) is 40.8 Å². The van der Waals surface area contributed by atoms with Crippen LogP contribution in [0, 0.1) is 0 Å². The van der Waals surface area contributed by atoms with Gasteiger partial charge in [-0.2, -0.15) is 0 Å². The number of rotatable bonds is 3. The van der Waals surface area contributed by atoms with E-state index >= 15 is 0 Å². The molecule has 0 saturated heterocycles. The van der Waals surface area contributed by atoms with Crippen molar-refractivity contribution in [3.63, 3.8) is 0 Å². The van der Waals surface area contributed by atoms with Gasteiger partial charge >= 0.3 is 5.97 Å². The van der Waals surface area contributed by atoms with Crippen molar-refractivity contribution in [2.45, 2.75) is 9.92 Å². The molecule has 3 aromatic rings. The number of fused-ring (bicyclic) bond motifs is 1. The van der Waals surface area contributed by atoms with Gasteiger partial charge in [0.1, 0.15) is 16.9 Å². The smallest absolute Gasteiger partial charge is 0.339 e. The molecule has 0 aliphatic carbocycles. The molecular weight excluding hydrogens is 290 g/mol. The van der Waals surface area contributed by atoms with E-state index in [0.717, 1.165) is 0 Å². The lowest BCUT2D eigenvalue weighted by Crippen LogP contribution is -2.05. The Labute approximate surface area is 124 Å². The number of nitrogen functional groups attached to an aromatic ring is 1. The third-order valence-corrected chi connectivity index (χ3v) is 4.00. The van der Waals surface area contributed by atoms with Crippen LogP contribution in [-0.4, -0.2) is 33.0 Å². The molecule has 1 aromatic carbocycles. The van der Waals surface area contributed by atoms with Crippen LogP contribution in [0.3, 0.4) is 0 Å². The quantitative estimate of drug-likeness (QED) is 0.432. The molecule has 0 aliphatic heterocycles. The predicted octanol–water partition coefficient (Wildman–Crippen LogP) is 1.87. The molecule has 0 saturated carbocycles. The molecule has 0 unspecified atom stereocenters. The highest BCUT2D eigenvalue weighted by Gasteiger charge is 2.17. The fraction of sp³-hybridized carbons (Fsp3) is 0.0769. The van der Waals surface area contributed by atoms with E-state index in [2.05, 4.69) is 19.9 Å². The van der Waals surface area contributed by atoms with Gasteiger partial charge < -0.3 is 15.5 Å². The first-order valence-electron chi connectivity index (χ1n) is 5.99. The third-order valence-electron chi connectivity index (χ3n) is 2.84. The van der Waals surface area contributed by atoms with Gasteiger partial charge in [0, 0.05) is 5.69 Å². The second-order valence-electron chi connectivity index (χ2n) is 4.10. The van der Waals surface area contributed by atoms with Gasteiger partial charge in [-0.25, -0.2) is 19.7 Å². The summed E-state index contributed by atoms with van der Waals surface area (Å²) in [5.74, 6) is -0.445. The fourth-order valence-electron chi connectivity index (χ4n) is 1.86. The molecule has 0 radical (unpaired) electrons. The Morgan fingerprint density at radius 1 is 1.33 bits per heavy atom. The van der Waals surface area contributed by atoms with Crippen molar-refractivity contribution >= 4 is 34.6 Å². The number of hydrogen-bond donors (Lipinski definition) is 2. The summed E-state index contributed by atoms with van der Waals surface area (Å²) in [6.07, 6.45) is 2.96. The molecular formula is C13H11N5O2S.